The summed E-state index contributed by atoms with van der Waals surface area (Å²) in [7, 11) is -3.79. The van der Waals surface area contributed by atoms with Gasteiger partial charge in [-0.1, -0.05) is 30.7 Å². The van der Waals surface area contributed by atoms with Crippen LogP contribution >= 0.6 is 11.8 Å². The molecule has 6 heteroatoms. The summed E-state index contributed by atoms with van der Waals surface area (Å²) in [6.45, 7) is 7.97. The van der Waals surface area contributed by atoms with E-state index in [1.165, 1.54) is 10.5 Å². The van der Waals surface area contributed by atoms with Crippen molar-refractivity contribution in [3.05, 3.63) is 53.6 Å². The number of hydrogen-bond donors (Lipinski definition) is 0. The Morgan fingerprint density at radius 2 is 1.77 bits per heavy atom. The van der Waals surface area contributed by atoms with Crippen LogP contribution in [0.5, 0.6) is 5.75 Å². The van der Waals surface area contributed by atoms with Gasteiger partial charge in [-0.05, 0) is 62.8 Å². The van der Waals surface area contributed by atoms with Gasteiger partial charge in [-0.2, -0.15) is 8.42 Å². The van der Waals surface area contributed by atoms with E-state index >= 15 is 0 Å². The third-order valence-electron chi connectivity index (χ3n) is 3.71. The number of benzene rings is 2. The first-order valence-electron chi connectivity index (χ1n) is 8.68. The Hall–Kier alpha value is -1.50. The average molecular weight is 395 g/mol. The van der Waals surface area contributed by atoms with Crippen molar-refractivity contribution in [3.63, 3.8) is 0 Å². The molecule has 1 atom stereocenters. The van der Waals surface area contributed by atoms with Crippen molar-refractivity contribution in [1.29, 1.82) is 0 Å². The number of ether oxygens (including phenoxy) is 1. The predicted octanol–water partition coefficient (Wildman–Crippen LogP) is 4.98. The van der Waals surface area contributed by atoms with Crippen LogP contribution in [-0.2, 0) is 14.3 Å². The van der Waals surface area contributed by atoms with Gasteiger partial charge in [0.25, 0.3) is 10.1 Å². The summed E-state index contributed by atoms with van der Waals surface area (Å²) < 4.78 is 35.6. The molecular weight excluding hydrogens is 368 g/mol. The average Bonchev–Trinajstić information content (AvgIpc) is 2.60. The quantitative estimate of drug-likeness (QED) is 0.443. The minimum Gasteiger partial charge on any atom is -0.491 e. The Labute approximate surface area is 161 Å². The van der Waals surface area contributed by atoms with Crippen LogP contribution in [0.1, 0.15) is 31.4 Å². The molecule has 0 fully saturated rings. The molecule has 4 nitrogen and oxygen atoms in total. The third-order valence-corrected chi connectivity index (χ3v) is 6.50. The van der Waals surface area contributed by atoms with E-state index in [1.54, 1.807) is 43.0 Å². The van der Waals surface area contributed by atoms with Gasteiger partial charge >= 0.3 is 0 Å². The van der Waals surface area contributed by atoms with E-state index in [4.69, 9.17) is 8.92 Å². The van der Waals surface area contributed by atoms with Crippen molar-refractivity contribution in [2.45, 2.75) is 50.0 Å². The molecular formula is C20H26O4S2. The predicted molar refractivity (Wildman–Crippen MR) is 107 cm³/mol. The molecule has 1 unspecified atom stereocenters. The van der Waals surface area contributed by atoms with Crippen LogP contribution in [0, 0.1) is 13.8 Å². The highest BCUT2D eigenvalue weighted by Crippen LogP contribution is 2.27. The van der Waals surface area contributed by atoms with Crippen molar-refractivity contribution < 1.29 is 17.3 Å². The Morgan fingerprint density at radius 1 is 1.08 bits per heavy atom. The molecule has 0 aromatic heterocycles. The van der Waals surface area contributed by atoms with Crippen molar-refractivity contribution in [2.24, 2.45) is 0 Å². The van der Waals surface area contributed by atoms with Crippen LogP contribution in [0.4, 0.5) is 0 Å². The summed E-state index contributed by atoms with van der Waals surface area (Å²) in [4.78, 5) is 1.34. The van der Waals surface area contributed by atoms with Crippen molar-refractivity contribution >= 4 is 21.9 Å². The molecule has 2 aromatic carbocycles. The highest BCUT2D eigenvalue weighted by molar-refractivity contribution is 7.99. The van der Waals surface area contributed by atoms with Gasteiger partial charge in [-0.15, -0.1) is 11.8 Å². The lowest BCUT2D eigenvalue weighted by Gasteiger charge is -2.15. The van der Waals surface area contributed by atoms with Crippen LogP contribution in [0.15, 0.2) is 52.3 Å². The highest BCUT2D eigenvalue weighted by Gasteiger charge is 2.19. The summed E-state index contributed by atoms with van der Waals surface area (Å²) in [5.41, 5.74) is 2.21. The van der Waals surface area contributed by atoms with Gasteiger partial charge in [-0.25, -0.2) is 0 Å². The molecule has 0 amide bonds. The fourth-order valence-corrected chi connectivity index (χ4v) is 4.24. The third kappa shape index (κ3) is 6.04. The van der Waals surface area contributed by atoms with Gasteiger partial charge in [0.1, 0.15) is 18.5 Å². The standard InChI is InChI=1S/C20H26O4S2/c1-5-12-25-20-13-18(9-8-16(20)3)23-14-17(4)24-26(21,22)19-10-6-15(2)7-11-19/h6-11,13,17H,5,12,14H2,1-4H3. The van der Waals surface area contributed by atoms with Crippen molar-refractivity contribution in [1.82, 2.24) is 0 Å². The van der Waals surface area contributed by atoms with Crippen molar-refractivity contribution in [3.8, 4) is 5.75 Å². The molecule has 2 rings (SSSR count). The number of aryl methyl sites for hydroxylation is 2. The minimum absolute atomic E-state index is 0.156. The van der Waals surface area contributed by atoms with Gasteiger partial charge in [-0.3, -0.25) is 4.18 Å². The smallest absolute Gasteiger partial charge is 0.297 e. The molecule has 2 aromatic rings. The molecule has 0 aliphatic rings. The maximum absolute atomic E-state index is 12.3. The topological polar surface area (TPSA) is 52.6 Å². The normalized spacial score (nSPS) is 12.8. The molecule has 0 spiro atoms. The molecule has 0 heterocycles. The van der Waals surface area contributed by atoms with E-state index < -0.39 is 16.2 Å². The molecule has 0 bridgehead atoms. The molecule has 0 aliphatic carbocycles. The second kappa shape index (κ2) is 9.44. The Bertz CT molecular complexity index is 814. The second-order valence-electron chi connectivity index (χ2n) is 6.26. The zero-order chi connectivity index (χ0) is 19.2. The largest absolute Gasteiger partial charge is 0.491 e. The van der Waals surface area contributed by atoms with Crippen molar-refractivity contribution in [2.75, 3.05) is 12.4 Å². The Kier molecular flexibility index (Phi) is 7.55. The van der Waals surface area contributed by atoms with Crippen LogP contribution in [0.25, 0.3) is 0 Å². The second-order valence-corrected chi connectivity index (χ2v) is 8.97. The Balaban J connectivity index is 1.96. The summed E-state index contributed by atoms with van der Waals surface area (Å²) in [5, 5.41) is 0. The fraction of sp³-hybridized carbons (Fsp3) is 0.400. The SMILES string of the molecule is CCCSc1cc(OCC(C)OS(=O)(=O)c2ccc(C)cc2)ccc1C. The zero-order valence-electron chi connectivity index (χ0n) is 15.7. The summed E-state index contributed by atoms with van der Waals surface area (Å²) in [5.74, 6) is 1.77. The molecule has 0 radical (unpaired) electrons. The number of thioether (sulfide) groups is 1. The lowest BCUT2D eigenvalue weighted by atomic mass is 10.2. The molecule has 0 N–H and O–H groups in total. The Morgan fingerprint density at radius 3 is 2.42 bits per heavy atom. The molecule has 0 saturated carbocycles. The summed E-state index contributed by atoms with van der Waals surface area (Å²) in [6.07, 6.45) is 0.520. The lowest BCUT2D eigenvalue weighted by Crippen LogP contribution is -2.22. The van der Waals surface area contributed by atoms with Gasteiger partial charge < -0.3 is 4.74 Å². The summed E-state index contributed by atoms with van der Waals surface area (Å²) in [6, 6.07) is 12.5. The number of hydrogen-bond acceptors (Lipinski definition) is 5. The van der Waals surface area contributed by atoms with Crippen LogP contribution in [0.2, 0.25) is 0 Å². The molecule has 0 saturated heterocycles. The van der Waals surface area contributed by atoms with E-state index in [0.717, 1.165) is 23.5 Å². The molecule has 0 aliphatic heterocycles. The van der Waals surface area contributed by atoms with Gasteiger partial charge in [0.2, 0.25) is 0 Å². The molecule has 26 heavy (non-hydrogen) atoms. The maximum Gasteiger partial charge on any atom is 0.297 e. The first kappa shape index (κ1) is 20.8. The maximum atomic E-state index is 12.3. The van der Waals surface area contributed by atoms with E-state index in [-0.39, 0.29) is 11.5 Å². The monoisotopic (exact) mass is 394 g/mol. The zero-order valence-corrected chi connectivity index (χ0v) is 17.3. The van der Waals surface area contributed by atoms with E-state index in [0.29, 0.717) is 0 Å². The van der Waals surface area contributed by atoms with Crippen LogP contribution < -0.4 is 4.74 Å². The van der Waals surface area contributed by atoms with E-state index in [1.807, 2.05) is 25.1 Å². The fourth-order valence-electron chi connectivity index (χ4n) is 2.26. The van der Waals surface area contributed by atoms with Gasteiger partial charge in [0, 0.05) is 4.90 Å². The van der Waals surface area contributed by atoms with Crippen LogP contribution in [-0.4, -0.2) is 26.9 Å². The van der Waals surface area contributed by atoms with E-state index in [9.17, 15) is 8.42 Å². The lowest BCUT2D eigenvalue weighted by molar-refractivity contribution is 0.148. The van der Waals surface area contributed by atoms with Gasteiger partial charge in [0.05, 0.1) is 4.90 Å². The highest BCUT2D eigenvalue weighted by atomic mass is 32.2. The molecule has 142 valence electrons. The number of rotatable bonds is 9. The summed E-state index contributed by atoms with van der Waals surface area (Å²) >= 11 is 1.80. The minimum atomic E-state index is -3.79. The first-order chi connectivity index (χ1) is 12.3. The van der Waals surface area contributed by atoms with Crippen LogP contribution in [0.3, 0.4) is 0 Å². The first-order valence-corrected chi connectivity index (χ1v) is 11.1. The van der Waals surface area contributed by atoms with Gasteiger partial charge in [0.15, 0.2) is 0 Å². The van der Waals surface area contributed by atoms with E-state index in [2.05, 4.69) is 13.8 Å².